The summed E-state index contributed by atoms with van der Waals surface area (Å²) in [4.78, 5) is 160. The van der Waals surface area contributed by atoms with Crippen molar-refractivity contribution in [1.29, 1.82) is 0 Å². The van der Waals surface area contributed by atoms with E-state index in [4.69, 9.17) is 53.2 Å². The molecule has 40 heteroatoms. The Kier molecular flexibility index (Phi) is 35.7. The number of hydrogen-bond acceptors (Lipinski definition) is 28. The van der Waals surface area contributed by atoms with Gasteiger partial charge in [0.2, 0.25) is 0 Å². The molecule has 10 heterocycles. The van der Waals surface area contributed by atoms with Crippen molar-refractivity contribution in [2.45, 2.75) is 79.1 Å². The van der Waals surface area contributed by atoms with E-state index in [1.807, 2.05) is 205 Å². The van der Waals surface area contributed by atoms with Crippen LogP contribution in [0.3, 0.4) is 0 Å². The molecule has 0 aliphatic carbocycles. The monoisotopic (exact) mass is 2010 g/mol. The van der Waals surface area contributed by atoms with Crippen LogP contribution in [0, 0.1) is 0 Å². The Balaban J connectivity index is 0.000000148. The van der Waals surface area contributed by atoms with Crippen LogP contribution in [0.1, 0.15) is 88.5 Å². The first-order chi connectivity index (χ1) is 71.7. The number of rotatable bonds is 42. The molecule has 0 radical (unpaired) electrons. The number of aromatic nitrogens is 16. The molecule has 148 heavy (non-hydrogen) atoms. The fraction of sp³-hybridized carbons (Fsp3) is 0.296. The number of H-pyrrole nitrogens is 8. The van der Waals surface area contributed by atoms with Gasteiger partial charge in [0, 0.05) is 62.3 Å². The first-order valence-corrected chi connectivity index (χ1v) is 48.6. The van der Waals surface area contributed by atoms with Gasteiger partial charge in [-0.05, 0) is 292 Å². The number of carbonyl (C=O) groups is 4. The van der Waals surface area contributed by atoms with Gasteiger partial charge in [-0.15, -0.1) is 0 Å². The molecule has 16 aromatic rings. The Labute approximate surface area is 848 Å². The maximum atomic E-state index is 12.5. The normalized spacial score (nSPS) is 12.6. The van der Waals surface area contributed by atoms with Crippen LogP contribution >= 0.6 is 0 Å². The summed E-state index contributed by atoms with van der Waals surface area (Å²) in [5.41, 5.74) is 13.7. The number of carboxylic acids is 4. The quantitative estimate of drug-likeness (QED) is 0.0158. The van der Waals surface area contributed by atoms with Crippen LogP contribution in [0.25, 0.3) is 147 Å². The lowest BCUT2D eigenvalue weighted by molar-refractivity contribution is -0.138. The number of likely N-dealkylation sites (N-methyl/N-ethyl adjacent to an activating group) is 2. The zero-order chi connectivity index (χ0) is 104. The van der Waals surface area contributed by atoms with Crippen LogP contribution in [0.5, 0.6) is 46.0 Å². The van der Waals surface area contributed by atoms with Crippen molar-refractivity contribution < 1.29 is 77.5 Å². The van der Waals surface area contributed by atoms with E-state index >= 15 is 0 Å². The van der Waals surface area contributed by atoms with Crippen molar-refractivity contribution in [3.05, 3.63) is 247 Å². The summed E-state index contributed by atoms with van der Waals surface area (Å²) in [6.07, 6.45) is 16.8. The molecule has 8 aromatic carbocycles. The molecule has 2 fully saturated rings. The van der Waals surface area contributed by atoms with Gasteiger partial charge in [-0.25, -0.2) is 49.5 Å². The Morgan fingerprint density at radius 2 is 0.696 bits per heavy atom. The zero-order valence-electron chi connectivity index (χ0n) is 83.1. The molecule has 0 unspecified atom stereocenters. The second-order valence-electron chi connectivity index (χ2n) is 35.1. The predicted molar refractivity (Wildman–Crippen MR) is 562 cm³/mol. The Hall–Kier alpha value is -17.2. The standard InChI is InChI=1S/C28H31N5O5.C28H29N5O5.C26H29N5O5.C26H27N5O5/c2*1-2-37-23-16-19(6-7-22(23)26-31-27-25(28(36)32-26)29-17-30-27)20-13-18(5-8-24(34)35)14-21(15-20)38-12-11-33-9-3-4-10-33;2*1-4-35-21-14-17(7-8-18(21)24-29-25-23(26(34)30-24)27-15-28-25)19-13-16(6-10-22(32)33)5-9-20(19)36-12-11-31(2)3/h6-7,13-17H,2-5,8-12H2,1H3,(H,34,35)(H2,29,30,31,32,36);5-8,13-17H,2-4,9-12H2,1H3,(H,34,35)(H2,29,30,31,32,36);5,7-9,13-15H,4,6,10-12H2,1-3H3,(H,32,33)(H2,27,28,29,30,34);5-10,13-15H,4,11-12H2,1-3H3,(H,32,33)(H2,27,28,29,30,34)/b;8-5+;;10-6+. The number of nitrogens with one attached hydrogen (secondary N) is 8. The molecule has 40 nitrogen and oxygen atoms in total. The number of imidazole rings is 4. The first kappa shape index (κ1) is 105. The number of aryl methyl sites for hydroxylation is 2. The maximum Gasteiger partial charge on any atom is 0.328 e. The van der Waals surface area contributed by atoms with Gasteiger partial charge in [0.15, 0.2) is 44.7 Å². The fourth-order valence-electron chi connectivity index (χ4n) is 16.8. The number of fused-ring (bicyclic) bond motifs is 4. The van der Waals surface area contributed by atoms with Crippen LogP contribution in [-0.4, -0.2) is 277 Å². The van der Waals surface area contributed by atoms with E-state index in [0.717, 1.165) is 120 Å². The van der Waals surface area contributed by atoms with Gasteiger partial charge in [-0.1, -0.05) is 42.5 Å². The lowest BCUT2D eigenvalue weighted by Crippen LogP contribution is -2.25. The number of aromatic amines is 8. The molecular weight excluding hydrogens is 1900 g/mol. The molecular formula is C108H116N20O20. The number of carboxylic acid groups (broad SMARTS) is 4. The van der Waals surface area contributed by atoms with Crippen LogP contribution in [0.2, 0.25) is 0 Å². The molecule has 768 valence electrons. The first-order valence-electron chi connectivity index (χ1n) is 48.6. The van der Waals surface area contributed by atoms with E-state index in [-0.39, 0.29) is 35.1 Å². The maximum absolute atomic E-state index is 12.5. The van der Waals surface area contributed by atoms with Gasteiger partial charge < -0.3 is 108 Å². The highest BCUT2D eigenvalue weighted by atomic mass is 16.5. The topological polar surface area (TPSA) is 534 Å². The Bertz CT molecular complexity index is 7710. The lowest BCUT2D eigenvalue weighted by Gasteiger charge is -2.17. The minimum Gasteiger partial charge on any atom is -0.493 e. The van der Waals surface area contributed by atoms with Gasteiger partial charge in [0.25, 0.3) is 22.2 Å². The van der Waals surface area contributed by atoms with E-state index in [2.05, 4.69) is 89.5 Å². The summed E-state index contributed by atoms with van der Waals surface area (Å²) in [6.45, 7) is 18.9. The van der Waals surface area contributed by atoms with Crippen LogP contribution < -0.4 is 60.1 Å². The molecule has 0 spiro atoms. The fourth-order valence-corrected chi connectivity index (χ4v) is 16.8. The number of nitrogens with zero attached hydrogens (tertiary/aromatic N) is 12. The molecule has 0 amide bonds. The third kappa shape index (κ3) is 27.8. The zero-order valence-corrected chi connectivity index (χ0v) is 83.1. The Morgan fingerprint density at radius 1 is 0.345 bits per heavy atom. The molecule has 2 saturated heterocycles. The Morgan fingerprint density at radius 3 is 1.07 bits per heavy atom. The molecule has 18 rings (SSSR count). The molecule has 2 aliphatic heterocycles. The van der Waals surface area contributed by atoms with Gasteiger partial charge in [0.05, 0.1) is 74.0 Å². The van der Waals surface area contributed by atoms with E-state index in [1.165, 1.54) is 57.1 Å². The number of hydrogen-bond donors (Lipinski definition) is 12. The van der Waals surface area contributed by atoms with Crippen LogP contribution in [-0.2, 0) is 32.0 Å². The number of benzene rings is 8. The van der Waals surface area contributed by atoms with Crippen molar-refractivity contribution in [3.63, 3.8) is 0 Å². The number of likely N-dealkylation sites (tertiary alicyclic amines) is 2. The van der Waals surface area contributed by atoms with Gasteiger partial charge >= 0.3 is 23.9 Å². The summed E-state index contributed by atoms with van der Waals surface area (Å²) < 4.78 is 48.1. The molecule has 0 saturated carbocycles. The molecule has 0 bridgehead atoms. The SMILES string of the molecule is CCOc1cc(-c2cc(/C=C/C(=O)O)cc(OCCN3CCCC3)c2)ccc1-c1nc2nc[nH]c2c(=O)[nH]1.CCOc1cc(-c2cc(/C=C/C(=O)O)ccc2OCCN(C)C)ccc1-c1nc2nc[nH]c2c(=O)[nH]1.CCOc1cc(-c2cc(CCC(=O)O)cc(OCCN3CCCC3)c2)ccc1-c1nc2nc[nH]c2c(=O)[nH]1.CCOc1cc(-c2cc(CCC(=O)O)ccc2OCCN(C)C)ccc1-c1nc2nc[nH]c2c(=O)[nH]1. The predicted octanol–water partition coefficient (Wildman–Crippen LogP) is 14.6. The van der Waals surface area contributed by atoms with Crippen molar-refractivity contribution >= 4 is 80.7 Å². The molecule has 0 atom stereocenters. The summed E-state index contributed by atoms with van der Waals surface area (Å²) in [6, 6.07) is 45.2. The largest absolute Gasteiger partial charge is 0.493 e. The summed E-state index contributed by atoms with van der Waals surface area (Å²) in [5, 5.41) is 36.5. The summed E-state index contributed by atoms with van der Waals surface area (Å²) >= 11 is 0. The van der Waals surface area contributed by atoms with E-state index in [0.29, 0.717) is 213 Å². The molecule has 2 aliphatic rings. The minimum atomic E-state index is -1.03. The second-order valence-corrected chi connectivity index (χ2v) is 35.1. The van der Waals surface area contributed by atoms with Gasteiger partial charge in [-0.3, -0.25) is 38.6 Å². The third-order valence-electron chi connectivity index (χ3n) is 24.0. The van der Waals surface area contributed by atoms with Crippen LogP contribution in [0.4, 0.5) is 0 Å². The van der Waals surface area contributed by atoms with Crippen LogP contribution in [0.15, 0.2) is 202 Å². The van der Waals surface area contributed by atoms with Gasteiger partial charge in [-0.2, -0.15) is 0 Å². The van der Waals surface area contributed by atoms with E-state index < -0.39 is 23.9 Å². The van der Waals surface area contributed by atoms with Crippen molar-refractivity contribution in [1.82, 2.24) is 99.3 Å². The summed E-state index contributed by atoms with van der Waals surface area (Å²) in [5.74, 6) is 2.57. The average molecular weight is 2010 g/mol. The van der Waals surface area contributed by atoms with E-state index in [9.17, 15) is 43.5 Å². The number of aliphatic carboxylic acids is 4. The highest BCUT2D eigenvalue weighted by Gasteiger charge is 2.25. The molecule has 8 aromatic heterocycles. The van der Waals surface area contributed by atoms with Gasteiger partial charge in [0.1, 0.15) is 95.7 Å². The van der Waals surface area contributed by atoms with Crippen molar-refractivity contribution in [2.24, 2.45) is 0 Å². The third-order valence-corrected chi connectivity index (χ3v) is 24.0. The lowest BCUT2D eigenvalue weighted by atomic mass is 9.98. The van der Waals surface area contributed by atoms with Crippen molar-refractivity contribution in [2.75, 3.05) is 133 Å². The highest BCUT2D eigenvalue weighted by molar-refractivity contribution is 5.89. The minimum absolute atomic E-state index is 0.0362. The highest BCUT2D eigenvalue weighted by Crippen LogP contribution is 2.43. The average Bonchev–Trinajstić information content (AvgIpc) is 1.41. The molecule has 12 N–H and O–H groups in total. The van der Waals surface area contributed by atoms with E-state index in [1.54, 1.807) is 12.1 Å². The second kappa shape index (κ2) is 50.3. The summed E-state index contributed by atoms with van der Waals surface area (Å²) in [7, 11) is 7.89. The smallest absolute Gasteiger partial charge is 0.328 e. The van der Waals surface area contributed by atoms with Crippen molar-refractivity contribution in [3.8, 4) is 136 Å². The number of ether oxygens (including phenoxy) is 8.